The molecule has 3 heterocycles. The fourth-order valence-corrected chi connectivity index (χ4v) is 5.88. The summed E-state index contributed by atoms with van der Waals surface area (Å²) in [6.45, 7) is 10.8. The largest absolute Gasteiger partial charge is 0.457 e. The number of carbonyl (C=O) groups excluding carboxylic acids is 1. The molecule has 56 heavy (non-hydrogen) atoms. The highest BCUT2D eigenvalue weighted by atomic mass is 16.5. The SMILES string of the molecule is CCCCN(CCCC)CCCC.O=c1[nH]ccc2c1ccc1cc[nH]c12.[N-]=[N+]=NC(=O)/C=C/c1cccc2cc[nH]c12.c1ccc(Oc2ccccc2)cc1. The van der Waals surface area contributed by atoms with Crippen molar-refractivity contribution in [2.45, 2.75) is 59.3 Å². The Morgan fingerprint density at radius 3 is 1.79 bits per heavy atom. The van der Waals surface area contributed by atoms with Gasteiger partial charge in [-0.25, -0.2) is 0 Å². The highest BCUT2D eigenvalue weighted by molar-refractivity contribution is 6.05. The molecule has 0 bridgehead atoms. The molecule has 0 aliphatic carbocycles. The fraction of sp³-hybridized carbons (Fsp3) is 0.261. The van der Waals surface area contributed by atoms with Gasteiger partial charge < -0.3 is 24.6 Å². The first-order valence-electron chi connectivity index (χ1n) is 19.4. The second-order valence-corrected chi connectivity index (χ2v) is 13.1. The van der Waals surface area contributed by atoms with E-state index in [-0.39, 0.29) is 5.56 Å². The number of aromatic amines is 3. The number of carbonyl (C=O) groups is 1. The van der Waals surface area contributed by atoms with Crippen molar-refractivity contribution in [1.82, 2.24) is 19.9 Å². The third kappa shape index (κ3) is 13.8. The normalized spacial score (nSPS) is 10.6. The predicted molar refractivity (Wildman–Crippen MR) is 232 cm³/mol. The molecule has 0 saturated carbocycles. The Morgan fingerprint density at radius 2 is 1.21 bits per heavy atom. The van der Waals surface area contributed by atoms with E-state index in [0.717, 1.165) is 49.6 Å². The molecule has 0 atom stereocenters. The minimum Gasteiger partial charge on any atom is -0.457 e. The number of nitrogens with one attached hydrogen (secondary N) is 3. The molecule has 4 aromatic carbocycles. The van der Waals surface area contributed by atoms with Crippen molar-refractivity contribution < 1.29 is 9.53 Å². The molecule has 0 fully saturated rings. The van der Waals surface area contributed by atoms with Crippen LogP contribution in [0.25, 0.3) is 49.1 Å². The molecule has 0 saturated heterocycles. The van der Waals surface area contributed by atoms with Crippen molar-refractivity contribution in [3.05, 3.63) is 160 Å². The lowest BCUT2D eigenvalue weighted by Crippen LogP contribution is -2.27. The molecule has 10 nitrogen and oxygen atoms in total. The van der Waals surface area contributed by atoms with Crippen LogP contribution in [0.1, 0.15) is 64.9 Å². The smallest absolute Gasteiger partial charge is 0.255 e. The van der Waals surface area contributed by atoms with Gasteiger partial charge in [0.25, 0.3) is 5.56 Å². The van der Waals surface area contributed by atoms with Crippen LogP contribution < -0.4 is 10.3 Å². The third-order valence-corrected chi connectivity index (χ3v) is 8.85. The number of pyridine rings is 1. The summed E-state index contributed by atoms with van der Waals surface area (Å²) in [6.07, 6.45) is 16.3. The van der Waals surface area contributed by atoms with E-state index in [4.69, 9.17) is 10.3 Å². The van der Waals surface area contributed by atoms with Crippen molar-refractivity contribution in [2.75, 3.05) is 19.6 Å². The summed E-state index contributed by atoms with van der Waals surface area (Å²) in [4.78, 5) is 36.4. The first-order chi connectivity index (χ1) is 27.5. The number of benzene rings is 4. The minimum atomic E-state index is -0.606. The monoisotopic (exact) mass is 751 g/mol. The Bertz CT molecular complexity index is 2260. The van der Waals surface area contributed by atoms with E-state index in [0.29, 0.717) is 0 Å². The van der Waals surface area contributed by atoms with Gasteiger partial charge in [-0.3, -0.25) is 9.59 Å². The Kier molecular flexibility index (Phi) is 18.3. The average molecular weight is 752 g/mol. The lowest BCUT2D eigenvalue weighted by molar-refractivity contribution is -0.113. The van der Waals surface area contributed by atoms with Crippen LogP contribution in [0.3, 0.4) is 0 Å². The lowest BCUT2D eigenvalue weighted by Gasteiger charge is -2.21. The number of ether oxygens (including phenoxy) is 1. The second kappa shape index (κ2) is 24.1. The van der Waals surface area contributed by atoms with Gasteiger partial charge in [-0.1, -0.05) is 101 Å². The molecule has 290 valence electrons. The molecule has 0 spiro atoms. The third-order valence-electron chi connectivity index (χ3n) is 8.85. The summed E-state index contributed by atoms with van der Waals surface area (Å²) in [5.74, 6) is 1.13. The van der Waals surface area contributed by atoms with Gasteiger partial charge in [0.15, 0.2) is 0 Å². The van der Waals surface area contributed by atoms with Crippen LogP contribution >= 0.6 is 0 Å². The van der Waals surface area contributed by atoms with Crippen molar-refractivity contribution in [3.8, 4) is 11.5 Å². The number of azide groups is 1. The van der Waals surface area contributed by atoms with Crippen molar-refractivity contribution in [2.24, 2.45) is 5.11 Å². The topological polar surface area (TPSA) is 143 Å². The summed E-state index contributed by atoms with van der Waals surface area (Å²) in [7, 11) is 0. The highest BCUT2D eigenvalue weighted by Crippen LogP contribution is 2.22. The van der Waals surface area contributed by atoms with Crippen molar-refractivity contribution in [1.29, 1.82) is 0 Å². The molecule has 0 unspecified atom stereocenters. The molecule has 0 aliphatic heterocycles. The number of aromatic nitrogens is 3. The number of H-pyrrole nitrogens is 3. The molecular weight excluding hydrogens is 699 g/mol. The summed E-state index contributed by atoms with van der Waals surface area (Å²) < 4.78 is 5.58. The number of nitrogens with zero attached hydrogens (tertiary/aromatic N) is 4. The van der Waals surface area contributed by atoms with Gasteiger partial charge in [0, 0.05) is 39.7 Å². The predicted octanol–water partition coefficient (Wildman–Crippen LogP) is 12.2. The van der Waals surface area contributed by atoms with E-state index in [1.807, 2.05) is 122 Å². The molecule has 3 aromatic heterocycles. The average Bonchev–Trinajstić information content (AvgIpc) is 3.93. The first-order valence-corrected chi connectivity index (χ1v) is 19.4. The number of hydrogen-bond acceptors (Lipinski definition) is 4. The molecule has 0 radical (unpaired) electrons. The Balaban J connectivity index is 0.000000166. The maximum Gasteiger partial charge on any atom is 0.255 e. The number of hydrogen-bond donors (Lipinski definition) is 3. The molecular formula is C46H53N7O3. The lowest BCUT2D eigenvalue weighted by atomic mass is 10.1. The fourth-order valence-electron chi connectivity index (χ4n) is 5.88. The van der Waals surface area contributed by atoms with Gasteiger partial charge in [0.1, 0.15) is 11.5 Å². The number of rotatable bonds is 13. The maximum atomic E-state index is 11.5. The number of unbranched alkanes of at least 4 members (excludes halogenated alkanes) is 3. The summed E-state index contributed by atoms with van der Waals surface area (Å²) in [5, 5.41) is 6.84. The second-order valence-electron chi connectivity index (χ2n) is 13.1. The summed E-state index contributed by atoms with van der Waals surface area (Å²) in [6, 6.07) is 34.9. The number of para-hydroxylation sites is 3. The molecule has 3 N–H and O–H groups in total. The van der Waals surface area contributed by atoms with Crippen LogP contribution in [0, 0.1) is 0 Å². The van der Waals surface area contributed by atoms with Crippen LogP contribution in [0.15, 0.2) is 144 Å². The van der Waals surface area contributed by atoms with Gasteiger partial charge in [0.05, 0.1) is 11.0 Å². The van der Waals surface area contributed by atoms with Gasteiger partial charge in [0.2, 0.25) is 5.91 Å². The van der Waals surface area contributed by atoms with E-state index in [9.17, 15) is 9.59 Å². The van der Waals surface area contributed by atoms with Gasteiger partial charge >= 0.3 is 0 Å². The molecule has 10 heteroatoms. The summed E-state index contributed by atoms with van der Waals surface area (Å²) in [5.41, 5.74) is 10.9. The molecule has 1 amide bonds. The van der Waals surface area contributed by atoms with E-state index in [2.05, 4.69) is 50.6 Å². The van der Waals surface area contributed by atoms with Crippen LogP contribution in [0.5, 0.6) is 11.5 Å². The zero-order chi connectivity index (χ0) is 39.8. The van der Waals surface area contributed by atoms with Gasteiger partial charge in [-0.2, -0.15) is 0 Å². The van der Waals surface area contributed by atoms with Crippen LogP contribution in [0.4, 0.5) is 0 Å². The van der Waals surface area contributed by atoms with Crippen molar-refractivity contribution in [3.63, 3.8) is 0 Å². The van der Waals surface area contributed by atoms with E-state index in [1.54, 1.807) is 12.3 Å². The highest BCUT2D eigenvalue weighted by Gasteiger charge is 2.04. The van der Waals surface area contributed by atoms with E-state index < -0.39 is 5.91 Å². The molecule has 7 rings (SSSR count). The van der Waals surface area contributed by atoms with Gasteiger partial charge in [-0.15, -0.1) is 0 Å². The standard InChI is InChI=1S/C12H27N.C12H10O.C11H8N4O.C11H8N2O/c1-4-7-10-13(11-8-5-2)12-9-6-3;1-3-7-11(8-4-1)13-12-9-5-2-6-10-12;12-15-14-10(16)5-4-8-2-1-3-9-6-7-13-11(8)9;14-11-9-2-1-7-3-5-12-10(7)8(9)4-6-13-11/h4-12H2,1-3H3;1-10H;1-7,13H;1-6,12H,(H,13,14)/b;;5-4+;. The van der Waals surface area contributed by atoms with E-state index in [1.165, 1.54) is 64.2 Å². The van der Waals surface area contributed by atoms with Gasteiger partial charge in [-0.05, 0) is 121 Å². The Labute approximate surface area is 328 Å². The zero-order valence-electron chi connectivity index (χ0n) is 32.7. The molecule has 0 aliphatic rings. The number of fused-ring (bicyclic) bond motifs is 4. The quantitative estimate of drug-likeness (QED) is 0.0466. The summed E-state index contributed by atoms with van der Waals surface area (Å²) >= 11 is 0. The maximum absolute atomic E-state index is 11.5. The number of amides is 1. The van der Waals surface area contributed by atoms with Crippen LogP contribution in [0.2, 0.25) is 0 Å². The first kappa shape index (κ1) is 42.4. The van der Waals surface area contributed by atoms with E-state index >= 15 is 0 Å². The van der Waals surface area contributed by atoms with Crippen LogP contribution in [-0.4, -0.2) is 45.4 Å². The Hall–Kier alpha value is -6.35. The minimum absolute atomic E-state index is 0.0426. The zero-order valence-corrected chi connectivity index (χ0v) is 32.7. The molecule has 7 aromatic rings. The van der Waals surface area contributed by atoms with Crippen molar-refractivity contribution >= 4 is 44.6 Å². The van der Waals surface area contributed by atoms with Crippen LogP contribution in [-0.2, 0) is 4.79 Å². The Morgan fingerprint density at radius 1 is 0.661 bits per heavy atom.